The van der Waals surface area contributed by atoms with Crippen molar-refractivity contribution in [2.75, 3.05) is 6.54 Å². The molecule has 1 aromatic carbocycles. The van der Waals surface area contributed by atoms with E-state index in [4.69, 9.17) is 0 Å². The minimum absolute atomic E-state index is 0.230. The Hall–Kier alpha value is -2.53. The minimum Gasteiger partial charge on any atom is -0.341 e. The Bertz CT molecular complexity index is 815. The molecule has 3 aromatic rings. The van der Waals surface area contributed by atoms with E-state index in [0.717, 1.165) is 37.4 Å². The standard InChI is InChI=1S/C19H19FN4/c20-16-7-2-1-6-15(16)17-12-22-19(23-17)18-8-4-10-24(18)13-14-5-3-9-21-11-14/h1-3,5-7,9,11-12,18H,4,8,10,13H2,(H,22,23)/t18-/m1/s1. The van der Waals surface area contributed by atoms with Gasteiger partial charge in [-0.25, -0.2) is 9.37 Å². The van der Waals surface area contributed by atoms with Gasteiger partial charge in [-0.15, -0.1) is 0 Å². The Morgan fingerprint density at radius 2 is 2.08 bits per heavy atom. The van der Waals surface area contributed by atoms with E-state index in [1.807, 2.05) is 18.3 Å². The van der Waals surface area contributed by atoms with Crippen molar-refractivity contribution in [1.82, 2.24) is 19.9 Å². The fraction of sp³-hybridized carbons (Fsp3) is 0.263. The number of rotatable bonds is 4. The summed E-state index contributed by atoms with van der Waals surface area (Å²) in [5.41, 5.74) is 2.50. The fourth-order valence-corrected chi connectivity index (χ4v) is 3.37. The topological polar surface area (TPSA) is 44.8 Å². The molecule has 0 bridgehead atoms. The van der Waals surface area contributed by atoms with E-state index in [-0.39, 0.29) is 11.9 Å². The van der Waals surface area contributed by atoms with Crippen LogP contribution in [0.2, 0.25) is 0 Å². The van der Waals surface area contributed by atoms with E-state index in [9.17, 15) is 4.39 Å². The van der Waals surface area contributed by atoms with Crippen molar-refractivity contribution in [3.8, 4) is 11.3 Å². The van der Waals surface area contributed by atoms with Gasteiger partial charge in [0, 0.05) is 24.5 Å². The number of aromatic amines is 1. The Morgan fingerprint density at radius 1 is 1.17 bits per heavy atom. The van der Waals surface area contributed by atoms with E-state index in [2.05, 4.69) is 25.9 Å². The maximum atomic E-state index is 14.0. The lowest BCUT2D eigenvalue weighted by Gasteiger charge is -2.22. The molecule has 1 saturated heterocycles. The molecule has 0 radical (unpaired) electrons. The average molecular weight is 322 g/mol. The van der Waals surface area contributed by atoms with E-state index < -0.39 is 0 Å². The SMILES string of the molecule is Fc1ccccc1-c1cnc([C@H]2CCCN2Cc2cccnc2)[nH]1. The molecule has 5 heteroatoms. The van der Waals surface area contributed by atoms with Crippen LogP contribution < -0.4 is 0 Å². The monoisotopic (exact) mass is 322 g/mol. The van der Waals surface area contributed by atoms with Gasteiger partial charge in [0.1, 0.15) is 11.6 Å². The number of nitrogens with zero attached hydrogens (tertiary/aromatic N) is 3. The summed E-state index contributed by atoms with van der Waals surface area (Å²) in [5, 5.41) is 0. The molecule has 1 atom stereocenters. The van der Waals surface area contributed by atoms with Crippen molar-refractivity contribution >= 4 is 0 Å². The molecule has 0 unspecified atom stereocenters. The number of nitrogens with one attached hydrogen (secondary N) is 1. The summed E-state index contributed by atoms with van der Waals surface area (Å²) < 4.78 is 14.0. The lowest BCUT2D eigenvalue weighted by atomic mass is 10.1. The molecular formula is C19H19FN4. The van der Waals surface area contributed by atoms with Gasteiger partial charge in [-0.1, -0.05) is 18.2 Å². The predicted molar refractivity (Wildman–Crippen MR) is 90.6 cm³/mol. The first-order valence-corrected chi connectivity index (χ1v) is 8.24. The second-order valence-corrected chi connectivity index (χ2v) is 6.15. The lowest BCUT2D eigenvalue weighted by molar-refractivity contribution is 0.240. The van der Waals surface area contributed by atoms with Gasteiger partial charge in [0.15, 0.2) is 0 Å². The van der Waals surface area contributed by atoms with Crippen molar-refractivity contribution in [3.05, 3.63) is 72.2 Å². The van der Waals surface area contributed by atoms with E-state index in [1.165, 1.54) is 11.6 Å². The maximum Gasteiger partial charge on any atom is 0.132 e. The van der Waals surface area contributed by atoms with Gasteiger partial charge in [0.25, 0.3) is 0 Å². The van der Waals surface area contributed by atoms with Crippen molar-refractivity contribution in [2.24, 2.45) is 0 Å². The van der Waals surface area contributed by atoms with Gasteiger partial charge in [-0.05, 0) is 43.1 Å². The van der Waals surface area contributed by atoms with Gasteiger partial charge in [0.2, 0.25) is 0 Å². The van der Waals surface area contributed by atoms with Crippen LogP contribution in [0.1, 0.15) is 30.3 Å². The zero-order chi connectivity index (χ0) is 16.4. The quantitative estimate of drug-likeness (QED) is 0.791. The van der Waals surface area contributed by atoms with Crippen LogP contribution in [0, 0.1) is 5.82 Å². The molecule has 0 spiro atoms. The zero-order valence-electron chi connectivity index (χ0n) is 13.3. The van der Waals surface area contributed by atoms with Crippen LogP contribution in [0.15, 0.2) is 55.0 Å². The van der Waals surface area contributed by atoms with Crippen LogP contribution >= 0.6 is 0 Å². The molecule has 1 aliphatic heterocycles. The van der Waals surface area contributed by atoms with E-state index in [0.29, 0.717) is 5.56 Å². The number of halogens is 1. The molecule has 4 rings (SSSR count). The number of hydrogen-bond donors (Lipinski definition) is 1. The van der Waals surface area contributed by atoms with E-state index in [1.54, 1.807) is 24.5 Å². The molecule has 1 N–H and O–H groups in total. The number of H-pyrrole nitrogens is 1. The van der Waals surface area contributed by atoms with Gasteiger partial charge < -0.3 is 4.98 Å². The molecule has 3 heterocycles. The summed E-state index contributed by atoms with van der Waals surface area (Å²) in [4.78, 5) is 14.4. The summed E-state index contributed by atoms with van der Waals surface area (Å²) >= 11 is 0. The summed E-state index contributed by atoms with van der Waals surface area (Å²) in [6.07, 6.45) is 7.62. The van der Waals surface area contributed by atoms with Crippen LogP contribution in [0.5, 0.6) is 0 Å². The molecule has 122 valence electrons. The Balaban J connectivity index is 1.56. The second kappa shape index (κ2) is 6.53. The molecule has 24 heavy (non-hydrogen) atoms. The first-order chi connectivity index (χ1) is 11.8. The fourth-order valence-electron chi connectivity index (χ4n) is 3.37. The predicted octanol–water partition coefficient (Wildman–Crippen LogP) is 3.95. The van der Waals surface area contributed by atoms with Gasteiger partial charge in [-0.3, -0.25) is 9.88 Å². The highest BCUT2D eigenvalue weighted by atomic mass is 19.1. The summed E-state index contributed by atoms with van der Waals surface area (Å²) in [7, 11) is 0. The molecule has 4 nitrogen and oxygen atoms in total. The minimum atomic E-state index is -0.230. The van der Waals surface area contributed by atoms with Crippen LogP contribution in [0.3, 0.4) is 0 Å². The first-order valence-electron chi connectivity index (χ1n) is 8.24. The number of likely N-dealkylation sites (tertiary alicyclic amines) is 1. The van der Waals surface area contributed by atoms with E-state index >= 15 is 0 Å². The highest BCUT2D eigenvalue weighted by molar-refractivity contribution is 5.59. The van der Waals surface area contributed by atoms with Crippen LogP contribution in [-0.2, 0) is 6.54 Å². The van der Waals surface area contributed by atoms with Crippen molar-refractivity contribution in [1.29, 1.82) is 0 Å². The lowest BCUT2D eigenvalue weighted by Crippen LogP contribution is -2.23. The third-order valence-corrected chi connectivity index (χ3v) is 4.55. The number of imidazole rings is 1. The number of hydrogen-bond acceptors (Lipinski definition) is 3. The Morgan fingerprint density at radius 3 is 2.92 bits per heavy atom. The highest BCUT2D eigenvalue weighted by Gasteiger charge is 2.28. The Kier molecular flexibility index (Phi) is 4.09. The maximum absolute atomic E-state index is 14.0. The van der Waals surface area contributed by atoms with Gasteiger partial charge in [0.05, 0.1) is 17.9 Å². The van der Waals surface area contributed by atoms with Crippen LogP contribution in [-0.4, -0.2) is 26.4 Å². The van der Waals surface area contributed by atoms with Gasteiger partial charge >= 0.3 is 0 Å². The first kappa shape index (κ1) is 15.0. The van der Waals surface area contributed by atoms with Crippen molar-refractivity contribution < 1.29 is 4.39 Å². The molecule has 2 aromatic heterocycles. The smallest absolute Gasteiger partial charge is 0.132 e. The number of benzene rings is 1. The summed E-state index contributed by atoms with van der Waals surface area (Å²) in [5.74, 6) is 0.681. The van der Waals surface area contributed by atoms with Crippen molar-refractivity contribution in [3.63, 3.8) is 0 Å². The number of pyridine rings is 1. The molecule has 1 aliphatic rings. The molecule has 0 aliphatic carbocycles. The summed E-state index contributed by atoms with van der Waals surface area (Å²) in [6.45, 7) is 1.89. The molecule has 1 fully saturated rings. The Labute approximate surface area is 140 Å². The van der Waals surface area contributed by atoms with Gasteiger partial charge in [-0.2, -0.15) is 0 Å². The normalized spacial score (nSPS) is 18.1. The highest BCUT2D eigenvalue weighted by Crippen LogP contribution is 2.32. The molecule has 0 amide bonds. The molecular weight excluding hydrogens is 303 g/mol. The average Bonchev–Trinajstić information content (AvgIpc) is 3.25. The molecule has 0 saturated carbocycles. The second-order valence-electron chi connectivity index (χ2n) is 6.15. The largest absolute Gasteiger partial charge is 0.341 e. The summed E-state index contributed by atoms with van der Waals surface area (Å²) in [6, 6.07) is 11.1. The number of aromatic nitrogens is 3. The van der Waals surface area contributed by atoms with Crippen molar-refractivity contribution in [2.45, 2.75) is 25.4 Å². The zero-order valence-corrected chi connectivity index (χ0v) is 13.3. The third-order valence-electron chi connectivity index (χ3n) is 4.55. The third kappa shape index (κ3) is 2.95. The van der Waals surface area contributed by atoms with Crippen LogP contribution in [0.4, 0.5) is 4.39 Å². The van der Waals surface area contributed by atoms with Crippen LogP contribution in [0.25, 0.3) is 11.3 Å².